The van der Waals surface area contributed by atoms with Gasteiger partial charge in [-0.2, -0.15) is 10.2 Å². The van der Waals surface area contributed by atoms with Gasteiger partial charge in [0.1, 0.15) is 0 Å². The van der Waals surface area contributed by atoms with Crippen LogP contribution in [0.3, 0.4) is 0 Å². The number of aromatic nitrogens is 2. The third kappa shape index (κ3) is 3.29. The van der Waals surface area contributed by atoms with Crippen molar-refractivity contribution in [2.75, 3.05) is 6.54 Å². The van der Waals surface area contributed by atoms with Crippen molar-refractivity contribution in [3.8, 4) is 0 Å². The van der Waals surface area contributed by atoms with E-state index in [1.165, 1.54) is 0 Å². The maximum Gasteiger partial charge on any atom is 0.0651 e. The average molecular weight is 310 g/mol. The van der Waals surface area contributed by atoms with E-state index in [0.717, 1.165) is 29.1 Å². The summed E-state index contributed by atoms with van der Waals surface area (Å²) in [7, 11) is 0. The van der Waals surface area contributed by atoms with E-state index in [-0.39, 0.29) is 6.04 Å². The van der Waals surface area contributed by atoms with Gasteiger partial charge in [-0.3, -0.25) is 0 Å². The zero-order valence-corrected chi connectivity index (χ0v) is 13.3. The second-order valence-electron chi connectivity index (χ2n) is 4.69. The summed E-state index contributed by atoms with van der Waals surface area (Å²) >= 11 is 12.1. The average Bonchev–Trinajstić information content (AvgIpc) is 2.42. The number of aryl methyl sites for hydroxylation is 2. The molecule has 106 valence electrons. The van der Waals surface area contributed by atoms with Gasteiger partial charge >= 0.3 is 0 Å². The van der Waals surface area contributed by atoms with Crippen LogP contribution in [0.1, 0.15) is 35.5 Å². The van der Waals surface area contributed by atoms with Crippen LogP contribution in [-0.2, 0) is 0 Å². The molecule has 5 heteroatoms. The lowest BCUT2D eigenvalue weighted by Crippen LogP contribution is -2.23. The van der Waals surface area contributed by atoms with E-state index in [0.29, 0.717) is 10.0 Å². The first-order valence-electron chi connectivity index (χ1n) is 6.52. The Balaban J connectivity index is 2.49. The molecule has 20 heavy (non-hydrogen) atoms. The number of rotatable bonds is 4. The topological polar surface area (TPSA) is 37.8 Å². The fourth-order valence-corrected chi connectivity index (χ4v) is 2.47. The summed E-state index contributed by atoms with van der Waals surface area (Å²) in [6.45, 7) is 6.81. The van der Waals surface area contributed by atoms with Crippen LogP contribution < -0.4 is 5.32 Å². The van der Waals surface area contributed by atoms with Crippen molar-refractivity contribution in [1.29, 1.82) is 0 Å². The lowest BCUT2D eigenvalue weighted by atomic mass is 9.97. The molecule has 0 fully saturated rings. The summed E-state index contributed by atoms with van der Waals surface area (Å²) in [6, 6.07) is 7.78. The quantitative estimate of drug-likeness (QED) is 0.924. The van der Waals surface area contributed by atoms with Gasteiger partial charge in [-0.05, 0) is 49.7 Å². The van der Waals surface area contributed by atoms with Crippen LogP contribution in [0, 0.1) is 13.8 Å². The SMILES string of the molecule is CCNC(c1ccc(Cl)c(Cl)c1)c1cc(C)nnc1C. The number of nitrogens with zero attached hydrogens (tertiary/aromatic N) is 2. The summed E-state index contributed by atoms with van der Waals surface area (Å²) in [5, 5.41) is 12.9. The molecule has 3 nitrogen and oxygen atoms in total. The monoisotopic (exact) mass is 309 g/mol. The molecule has 2 rings (SSSR count). The Hall–Kier alpha value is -1.16. The zero-order valence-electron chi connectivity index (χ0n) is 11.7. The molecular weight excluding hydrogens is 293 g/mol. The summed E-state index contributed by atoms with van der Waals surface area (Å²) in [6.07, 6.45) is 0. The van der Waals surface area contributed by atoms with Crippen LogP contribution in [0.5, 0.6) is 0 Å². The Labute approximate surface area is 129 Å². The summed E-state index contributed by atoms with van der Waals surface area (Å²) in [5.74, 6) is 0. The predicted molar refractivity (Wildman–Crippen MR) is 83.5 cm³/mol. The fourth-order valence-electron chi connectivity index (χ4n) is 2.17. The van der Waals surface area contributed by atoms with Gasteiger partial charge in [0.25, 0.3) is 0 Å². The van der Waals surface area contributed by atoms with E-state index < -0.39 is 0 Å². The lowest BCUT2D eigenvalue weighted by molar-refractivity contribution is 0.620. The van der Waals surface area contributed by atoms with Crippen LogP contribution in [0.25, 0.3) is 0 Å². The second kappa shape index (κ2) is 6.53. The summed E-state index contributed by atoms with van der Waals surface area (Å²) < 4.78 is 0. The Morgan fingerprint density at radius 1 is 1.10 bits per heavy atom. The van der Waals surface area contributed by atoms with Gasteiger partial charge in [-0.1, -0.05) is 36.2 Å². The molecule has 0 aliphatic rings. The molecule has 0 aliphatic heterocycles. The highest BCUT2D eigenvalue weighted by Gasteiger charge is 2.17. The molecule has 1 aromatic heterocycles. The van der Waals surface area contributed by atoms with Crippen LogP contribution in [0.15, 0.2) is 24.3 Å². The van der Waals surface area contributed by atoms with Gasteiger partial charge in [0.2, 0.25) is 0 Å². The van der Waals surface area contributed by atoms with E-state index in [2.05, 4.69) is 28.5 Å². The second-order valence-corrected chi connectivity index (χ2v) is 5.51. The van der Waals surface area contributed by atoms with Gasteiger partial charge in [-0.15, -0.1) is 0 Å². The smallest absolute Gasteiger partial charge is 0.0651 e. The van der Waals surface area contributed by atoms with Crippen molar-refractivity contribution in [2.24, 2.45) is 0 Å². The van der Waals surface area contributed by atoms with Crippen molar-refractivity contribution in [3.63, 3.8) is 0 Å². The normalized spacial score (nSPS) is 12.4. The fraction of sp³-hybridized carbons (Fsp3) is 0.333. The molecule has 1 atom stereocenters. The molecule has 1 aromatic carbocycles. The van der Waals surface area contributed by atoms with E-state index >= 15 is 0 Å². The Kier molecular flexibility index (Phi) is 4.97. The van der Waals surface area contributed by atoms with Crippen molar-refractivity contribution >= 4 is 23.2 Å². The van der Waals surface area contributed by atoms with E-state index in [4.69, 9.17) is 23.2 Å². The molecule has 1 N–H and O–H groups in total. The minimum absolute atomic E-state index is 0.0315. The molecule has 0 spiro atoms. The Morgan fingerprint density at radius 2 is 1.85 bits per heavy atom. The molecule has 0 amide bonds. The van der Waals surface area contributed by atoms with Gasteiger partial charge in [0.15, 0.2) is 0 Å². The third-order valence-corrected chi connectivity index (χ3v) is 3.88. The highest BCUT2D eigenvalue weighted by molar-refractivity contribution is 6.42. The van der Waals surface area contributed by atoms with Gasteiger partial charge in [0, 0.05) is 0 Å². The maximum atomic E-state index is 6.13. The zero-order chi connectivity index (χ0) is 14.7. The van der Waals surface area contributed by atoms with E-state index in [1.807, 2.05) is 32.0 Å². The van der Waals surface area contributed by atoms with Crippen LogP contribution in [0.4, 0.5) is 0 Å². The minimum atomic E-state index is 0.0315. The highest BCUT2D eigenvalue weighted by atomic mass is 35.5. The summed E-state index contributed by atoms with van der Waals surface area (Å²) in [4.78, 5) is 0. The van der Waals surface area contributed by atoms with Gasteiger partial charge < -0.3 is 5.32 Å². The van der Waals surface area contributed by atoms with Crippen LogP contribution in [0.2, 0.25) is 10.0 Å². The molecule has 0 radical (unpaired) electrons. The Morgan fingerprint density at radius 3 is 2.50 bits per heavy atom. The Bertz CT molecular complexity index is 614. The molecule has 2 aromatic rings. The number of benzene rings is 1. The lowest BCUT2D eigenvalue weighted by Gasteiger charge is -2.21. The minimum Gasteiger partial charge on any atom is -0.306 e. The maximum absolute atomic E-state index is 6.13. The third-order valence-electron chi connectivity index (χ3n) is 3.14. The molecule has 1 heterocycles. The molecule has 1 unspecified atom stereocenters. The largest absolute Gasteiger partial charge is 0.306 e. The predicted octanol–water partition coefficient (Wildman–Crippen LogP) is 4.10. The van der Waals surface area contributed by atoms with Crippen molar-refractivity contribution in [1.82, 2.24) is 15.5 Å². The molecule has 0 bridgehead atoms. The van der Waals surface area contributed by atoms with E-state index in [1.54, 1.807) is 0 Å². The van der Waals surface area contributed by atoms with Gasteiger partial charge in [-0.25, -0.2) is 0 Å². The van der Waals surface area contributed by atoms with Crippen LogP contribution in [-0.4, -0.2) is 16.7 Å². The summed E-state index contributed by atoms with van der Waals surface area (Å²) in [5.41, 5.74) is 3.98. The molecule has 0 saturated carbocycles. The number of nitrogens with one attached hydrogen (secondary N) is 1. The molecular formula is C15H17Cl2N3. The van der Waals surface area contributed by atoms with Gasteiger partial charge in [0.05, 0.1) is 27.5 Å². The number of halogens is 2. The number of hydrogen-bond acceptors (Lipinski definition) is 3. The van der Waals surface area contributed by atoms with Crippen molar-refractivity contribution in [3.05, 3.63) is 56.8 Å². The number of hydrogen-bond donors (Lipinski definition) is 1. The van der Waals surface area contributed by atoms with Crippen molar-refractivity contribution < 1.29 is 0 Å². The first-order chi connectivity index (χ1) is 9.52. The first kappa shape index (κ1) is 15.2. The first-order valence-corrected chi connectivity index (χ1v) is 7.27. The molecule has 0 saturated heterocycles. The molecule has 0 aliphatic carbocycles. The standard InChI is InChI=1S/C15H17Cl2N3/c1-4-18-15(11-5-6-13(16)14(17)8-11)12-7-9(2)19-20-10(12)3/h5-8,15,18H,4H2,1-3H3. The van der Waals surface area contributed by atoms with Crippen LogP contribution >= 0.6 is 23.2 Å². The van der Waals surface area contributed by atoms with E-state index in [9.17, 15) is 0 Å². The van der Waals surface area contributed by atoms with Crippen molar-refractivity contribution in [2.45, 2.75) is 26.8 Å². The highest BCUT2D eigenvalue weighted by Crippen LogP contribution is 2.29.